The highest BCUT2D eigenvalue weighted by molar-refractivity contribution is 6.08. The van der Waals surface area contributed by atoms with Gasteiger partial charge >= 0.3 is 6.01 Å². The number of terminal acetylenes is 1. The van der Waals surface area contributed by atoms with Crippen molar-refractivity contribution in [2.45, 2.75) is 120 Å². The van der Waals surface area contributed by atoms with Crippen LogP contribution >= 0.6 is 0 Å². The number of anilines is 2. The van der Waals surface area contributed by atoms with E-state index in [0.29, 0.717) is 95.3 Å². The second-order valence-electron chi connectivity index (χ2n) is 21.8. The Labute approximate surface area is 456 Å². The fraction of sp³-hybridized carbons (Fsp3) is 0.441. The molecule has 1 aliphatic carbocycles. The monoisotopic (exact) mass is 1080 g/mol. The maximum Gasteiger partial charge on any atom is 0.319 e. The molecule has 18 nitrogen and oxygen atoms in total. The third kappa shape index (κ3) is 11.3. The van der Waals surface area contributed by atoms with Crippen LogP contribution in [0.4, 0.5) is 20.3 Å². The number of fused-ring (bicyclic) bond motifs is 5. The minimum atomic E-state index is -1.02. The first-order valence-electron chi connectivity index (χ1n) is 27.1. The molecular formula is C59H64F2N10O8. The number of imide groups is 2. The third-order valence-corrected chi connectivity index (χ3v) is 16.7. The van der Waals surface area contributed by atoms with Crippen LogP contribution in [0.15, 0.2) is 66.9 Å². The standard InChI is InChI=1S/C36H34F2N6O3.C23H30N4O5/c1-3-26-29(37)10-7-22-5-4-6-27(30(22)26)32-31(38)33-28(14-39-32)34(43-16-23-8-9-24(17-43)40-23)42-35(41-33)47-19-36-12-11-25(18-46-20-45)44(36)15-21(2)13-36;1-14-11-17(25-21(30)12-15-3-5-16(24-2)6-4-15)7-8-18(14)23(32)27(13-28)19-9-10-20(29)26-22(19)31/h1,4-7,10,14,20,23-25,40H,2,8-9,11-13,15-19H2;7-8,11,13,15-16,19,24H,3-6,9-10,12H2,1-2H3,(H,25,30)(H,26,29,31). The number of aryl methyl sites for hydroxylation is 1. The van der Waals surface area contributed by atoms with E-state index in [4.69, 9.17) is 20.9 Å². The second kappa shape index (κ2) is 23.3. The van der Waals surface area contributed by atoms with E-state index in [1.54, 1.807) is 43.5 Å². The van der Waals surface area contributed by atoms with Crippen LogP contribution in [0.25, 0.3) is 32.9 Å². The van der Waals surface area contributed by atoms with Crippen molar-refractivity contribution in [3.63, 3.8) is 0 Å². The number of rotatable bonds is 15. The summed E-state index contributed by atoms with van der Waals surface area (Å²) >= 11 is 0. The summed E-state index contributed by atoms with van der Waals surface area (Å²) in [5.41, 5.74) is 2.67. The highest BCUT2D eigenvalue weighted by Gasteiger charge is 2.51. The van der Waals surface area contributed by atoms with E-state index < -0.39 is 35.4 Å². The number of nitrogens with one attached hydrogen (secondary N) is 4. The largest absolute Gasteiger partial charge is 0.466 e. The number of aromatic nitrogens is 3. The molecule has 6 fully saturated rings. The molecule has 5 atom stereocenters. The lowest BCUT2D eigenvalue weighted by molar-refractivity contribution is -0.139. The number of piperazine rings is 1. The van der Waals surface area contributed by atoms with Crippen molar-refractivity contribution in [1.29, 1.82) is 0 Å². The smallest absolute Gasteiger partial charge is 0.319 e. The maximum atomic E-state index is 16.8. The summed E-state index contributed by atoms with van der Waals surface area (Å²) in [6.45, 7) is 9.13. The Morgan fingerprint density at radius 2 is 1.80 bits per heavy atom. The highest BCUT2D eigenvalue weighted by atomic mass is 19.1. The van der Waals surface area contributed by atoms with Crippen LogP contribution in [0.5, 0.6) is 6.01 Å². The molecule has 2 aromatic heterocycles. The van der Waals surface area contributed by atoms with Crippen LogP contribution in [-0.4, -0.2) is 137 Å². The molecule has 79 heavy (non-hydrogen) atoms. The van der Waals surface area contributed by atoms with Crippen LogP contribution in [0.2, 0.25) is 0 Å². The van der Waals surface area contributed by atoms with Gasteiger partial charge in [-0.05, 0) is 119 Å². The first kappa shape index (κ1) is 54.6. The van der Waals surface area contributed by atoms with E-state index in [-0.39, 0.29) is 65.3 Å². The Kier molecular flexibility index (Phi) is 16.1. The summed E-state index contributed by atoms with van der Waals surface area (Å²) in [5, 5.41) is 13.5. The lowest BCUT2D eigenvalue weighted by Gasteiger charge is -2.35. The number of piperidine rings is 1. The maximum absolute atomic E-state index is 16.8. The molecule has 5 saturated heterocycles. The van der Waals surface area contributed by atoms with E-state index >= 15 is 4.39 Å². The Hall–Kier alpha value is -7.73. The number of halogens is 2. The van der Waals surface area contributed by atoms with E-state index in [1.807, 2.05) is 13.1 Å². The zero-order valence-corrected chi connectivity index (χ0v) is 44.3. The number of benzene rings is 3. The summed E-state index contributed by atoms with van der Waals surface area (Å²) in [6.07, 6.45) is 17.0. The van der Waals surface area contributed by atoms with Gasteiger partial charge in [0.2, 0.25) is 24.1 Å². The van der Waals surface area contributed by atoms with Crippen LogP contribution in [0.1, 0.15) is 98.5 Å². The average molecular weight is 1080 g/mol. The quantitative estimate of drug-likeness (QED) is 0.0394. The van der Waals surface area contributed by atoms with Gasteiger partial charge in [-0.25, -0.2) is 8.78 Å². The molecule has 5 aliphatic heterocycles. The average Bonchev–Trinajstić information content (AvgIpc) is 4.19. The molecule has 5 amide bonds. The van der Waals surface area contributed by atoms with Crippen LogP contribution < -0.4 is 30.9 Å². The first-order valence-corrected chi connectivity index (χ1v) is 27.1. The van der Waals surface area contributed by atoms with Crippen molar-refractivity contribution in [2.75, 3.05) is 50.1 Å². The molecule has 5 aromatic rings. The zero-order chi connectivity index (χ0) is 55.5. The van der Waals surface area contributed by atoms with Gasteiger partial charge in [0.25, 0.3) is 12.4 Å². The predicted molar refractivity (Wildman–Crippen MR) is 292 cm³/mol. The van der Waals surface area contributed by atoms with E-state index in [9.17, 15) is 33.2 Å². The molecule has 20 heteroatoms. The molecule has 1 saturated carbocycles. The highest BCUT2D eigenvalue weighted by Crippen LogP contribution is 2.45. The third-order valence-electron chi connectivity index (χ3n) is 16.7. The summed E-state index contributed by atoms with van der Waals surface area (Å²) in [7, 11) is 1.97. The van der Waals surface area contributed by atoms with E-state index in [1.165, 1.54) is 12.1 Å². The van der Waals surface area contributed by atoms with Crippen molar-refractivity contribution >= 4 is 69.7 Å². The van der Waals surface area contributed by atoms with Gasteiger partial charge in [0.05, 0.1) is 16.5 Å². The molecule has 0 spiro atoms. The minimum Gasteiger partial charge on any atom is -0.466 e. The molecular weight excluding hydrogens is 1010 g/mol. The molecule has 4 N–H and O–H groups in total. The van der Waals surface area contributed by atoms with Crippen LogP contribution in [-0.2, 0) is 28.7 Å². The van der Waals surface area contributed by atoms with Gasteiger partial charge in [0.1, 0.15) is 42.1 Å². The molecule has 3 aromatic carbocycles. The molecule has 0 radical (unpaired) electrons. The molecule has 7 heterocycles. The number of carbonyl (C=O) groups excluding carboxylic acids is 6. The molecule has 11 rings (SSSR count). The van der Waals surface area contributed by atoms with Crippen molar-refractivity contribution in [3.8, 4) is 29.6 Å². The van der Waals surface area contributed by atoms with Crippen LogP contribution in [0, 0.1) is 36.8 Å². The van der Waals surface area contributed by atoms with Crippen molar-refractivity contribution in [3.05, 3.63) is 95.2 Å². The van der Waals surface area contributed by atoms with Gasteiger partial charge < -0.3 is 30.3 Å². The summed E-state index contributed by atoms with van der Waals surface area (Å²) in [6, 6.07) is 13.3. The minimum absolute atomic E-state index is 0.0202. The van der Waals surface area contributed by atoms with Crippen molar-refractivity contribution < 1.29 is 47.0 Å². The van der Waals surface area contributed by atoms with Crippen LogP contribution in [0.3, 0.4) is 0 Å². The van der Waals surface area contributed by atoms with Gasteiger partial charge in [-0.1, -0.05) is 42.3 Å². The first-order chi connectivity index (χ1) is 38.2. The number of carbonyl (C=O) groups is 6. The number of hydrogen-bond donors (Lipinski definition) is 4. The topological polar surface area (TPSA) is 217 Å². The van der Waals surface area contributed by atoms with E-state index in [0.717, 1.165) is 81.3 Å². The second-order valence-corrected chi connectivity index (χ2v) is 21.8. The van der Waals surface area contributed by atoms with Gasteiger partial charge in [-0.15, -0.1) is 6.42 Å². The van der Waals surface area contributed by atoms with Gasteiger partial charge in [-0.3, -0.25) is 48.9 Å². The Balaban J connectivity index is 0.000000193. The number of nitrogens with zero attached hydrogens (tertiary/aromatic N) is 6. The Morgan fingerprint density at radius 1 is 1.01 bits per heavy atom. The van der Waals surface area contributed by atoms with Gasteiger partial charge in [0.15, 0.2) is 5.82 Å². The lowest BCUT2D eigenvalue weighted by atomic mass is 9.84. The van der Waals surface area contributed by atoms with Gasteiger partial charge in [0, 0.05) is 85.0 Å². The summed E-state index contributed by atoms with van der Waals surface area (Å²) < 4.78 is 43.2. The number of hydrogen-bond acceptors (Lipinski definition) is 15. The fourth-order valence-corrected chi connectivity index (χ4v) is 12.7. The van der Waals surface area contributed by atoms with E-state index in [2.05, 4.69) is 53.5 Å². The number of pyridine rings is 1. The summed E-state index contributed by atoms with van der Waals surface area (Å²) in [4.78, 5) is 90.7. The van der Waals surface area contributed by atoms with Gasteiger partial charge in [-0.2, -0.15) is 9.97 Å². The normalized spacial score (nSPS) is 24.5. The molecule has 412 valence electrons. The molecule has 2 bridgehead atoms. The Bertz CT molecular complexity index is 3280. The predicted octanol–water partition coefficient (Wildman–Crippen LogP) is 6.27. The lowest BCUT2D eigenvalue weighted by Crippen LogP contribution is -2.53. The SMILES string of the molecule is C#Cc1c(F)ccc2cccc(-c3ncc4c(N5CC6CCC(C5)N6)nc(OCC56CCC(COC=O)N5CC(=C)C6)nc4c3F)c12.CNC1CCC(CC(=O)Nc2ccc(C(=O)N(C=O)C3CCC(=O)NC3=O)c(C)c2)CC1. The zero-order valence-electron chi connectivity index (χ0n) is 44.3. The van der Waals surface area contributed by atoms with Crippen molar-refractivity contribution in [1.82, 2.24) is 40.7 Å². The molecule has 5 unspecified atom stereocenters. The Morgan fingerprint density at radius 3 is 2.51 bits per heavy atom. The van der Waals surface area contributed by atoms with Crippen molar-refractivity contribution in [2.24, 2.45) is 5.92 Å². The number of amides is 5. The summed E-state index contributed by atoms with van der Waals surface area (Å²) in [5.74, 6) is 0.408. The fourth-order valence-electron chi connectivity index (χ4n) is 12.7. The number of ether oxygens (including phenoxy) is 2. The molecule has 6 aliphatic rings.